The Bertz CT molecular complexity index is 1040. The first kappa shape index (κ1) is 29.3. The molecule has 7 nitrogen and oxygen atoms in total. The van der Waals surface area contributed by atoms with Crippen molar-refractivity contribution >= 4 is 39.2 Å². The molecule has 3 N–H and O–H groups in total. The molecule has 2 heterocycles. The van der Waals surface area contributed by atoms with E-state index >= 15 is 0 Å². The average Bonchev–Trinajstić information content (AvgIpc) is 3.52. The third kappa shape index (κ3) is 8.64. The van der Waals surface area contributed by atoms with Crippen molar-refractivity contribution in [3.8, 4) is 0 Å². The maximum absolute atomic E-state index is 14.4. The van der Waals surface area contributed by atoms with Crippen molar-refractivity contribution < 1.29 is 9.18 Å². The fourth-order valence-electron chi connectivity index (χ4n) is 5.07. The van der Waals surface area contributed by atoms with Crippen LogP contribution < -0.4 is 16.0 Å². The second-order valence-electron chi connectivity index (χ2n) is 10.3. The van der Waals surface area contributed by atoms with E-state index in [0.29, 0.717) is 35.2 Å². The first-order chi connectivity index (χ1) is 17.7. The normalized spacial score (nSPS) is 21.5. The molecule has 0 radical (unpaired) electrons. The van der Waals surface area contributed by atoms with Gasteiger partial charge in [-0.25, -0.2) is 14.4 Å². The molecule has 2 unspecified atom stereocenters. The van der Waals surface area contributed by atoms with Crippen LogP contribution in [0.5, 0.6) is 0 Å². The zero-order valence-corrected chi connectivity index (χ0v) is 24.4. The maximum Gasteiger partial charge on any atom is 0.227 e. The number of carbonyl (C=O) groups excluding carboxylic acids is 1. The molecule has 0 spiro atoms. The number of benzene rings is 1. The van der Waals surface area contributed by atoms with Crippen LogP contribution in [0.4, 0.5) is 21.7 Å². The summed E-state index contributed by atoms with van der Waals surface area (Å²) in [5.74, 6) is 1.39. The fourth-order valence-corrected chi connectivity index (χ4v) is 5.26. The van der Waals surface area contributed by atoms with Gasteiger partial charge in [-0.05, 0) is 86.6 Å². The lowest BCUT2D eigenvalue weighted by Gasteiger charge is -2.18. The standard InChI is InChI=1S/C17H21BrFN5.C11H21NO/c1-3-24-7-6-13(10-24)22-16-5-4-12(8-15(16)19)23-17-20-9-14(18)11(2)21-17;1-4-9-6-5-7-10(9)11(13)12-8(2)3/h4-5,8-9,13,22H,3,6-7,10H2,1-2H3,(H,20,21,23);8-10H,4-7H2,1-3H3,(H,12,13)/t;9?,10-/m.0/s1. The third-order valence-electron chi connectivity index (χ3n) is 7.18. The predicted molar refractivity (Wildman–Crippen MR) is 153 cm³/mol. The summed E-state index contributed by atoms with van der Waals surface area (Å²) < 4.78 is 15.2. The van der Waals surface area contributed by atoms with Crippen LogP contribution in [-0.4, -0.2) is 52.5 Å². The summed E-state index contributed by atoms with van der Waals surface area (Å²) in [7, 11) is 0. The van der Waals surface area contributed by atoms with Crippen LogP contribution in [0, 0.1) is 24.6 Å². The smallest absolute Gasteiger partial charge is 0.227 e. The van der Waals surface area contributed by atoms with Gasteiger partial charge in [0.2, 0.25) is 11.9 Å². The minimum atomic E-state index is -0.274. The summed E-state index contributed by atoms with van der Waals surface area (Å²) in [6.07, 6.45) is 7.43. The highest BCUT2D eigenvalue weighted by molar-refractivity contribution is 9.10. The van der Waals surface area contributed by atoms with Gasteiger partial charge in [-0.3, -0.25) is 4.79 Å². The number of likely N-dealkylation sites (tertiary alicyclic amines) is 1. The Hall–Kier alpha value is -2.26. The van der Waals surface area contributed by atoms with Crippen LogP contribution in [0.2, 0.25) is 0 Å². The summed E-state index contributed by atoms with van der Waals surface area (Å²) in [6, 6.07) is 5.65. The van der Waals surface area contributed by atoms with Crippen molar-refractivity contribution in [2.75, 3.05) is 30.3 Å². The van der Waals surface area contributed by atoms with Gasteiger partial charge in [0.1, 0.15) is 5.82 Å². The SMILES string of the molecule is CCC1CCC[C@@H]1C(=O)NC(C)C.CCN1CCC(Nc2ccc(Nc3ncc(Br)c(C)n3)cc2F)C1. The van der Waals surface area contributed by atoms with Crippen LogP contribution >= 0.6 is 15.9 Å². The van der Waals surface area contributed by atoms with E-state index in [0.717, 1.165) is 49.1 Å². The van der Waals surface area contributed by atoms with Crippen LogP contribution in [0.15, 0.2) is 28.9 Å². The summed E-state index contributed by atoms with van der Waals surface area (Å²) in [6.45, 7) is 13.3. The number of halogens is 2. The highest BCUT2D eigenvalue weighted by Crippen LogP contribution is 2.34. The number of anilines is 3. The van der Waals surface area contributed by atoms with Crippen LogP contribution in [0.3, 0.4) is 0 Å². The molecule has 1 aliphatic carbocycles. The van der Waals surface area contributed by atoms with E-state index in [9.17, 15) is 9.18 Å². The number of hydrogen-bond donors (Lipinski definition) is 3. The lowest BCUT2D eigenvalue weighted by atomic mass is 9.93. The van der Waals surface area contributed by atoms with Crippen molar-refractivity contribution in [3.05, 3.63) is 40.4 Å². The molecule has 0 bridgehead atoms. The van der Waals surface area contributed by atoms with E-state index in [1.807, 2.05) is 26.8 Å². The van der Waals surface area contributed by atoms with E-state index in [-0.39, 0.29) is 17.8 Å². The zero-order valence-electron chi connectivity index (χ0n) is 22.8. The Morgan fingerprint density at radius 1 is 1.24 bits per heavy atom. The number of carbonyl (C=O) groups is 1. The van der Waals surface area contributed by atoms with Gasteiger partial charge in [0.15, 0.2) is 0 Å². The van der Waals surface area contributed by atoms with E-state index in [2.05, 4.69) is 60.6 Å². The quantitative estimate of drug-likeness (QED) is 0.343. The van der Waals surface area contributed by atoms with Crippen molar-refractivity contribution in [2.24, 2.45) is 11.8 Å². The number of aromatic nitrogens is 2. The summed E-state index contributed by atoms with van der Waals surface area (Å²) in [5.41, 5.74) is 1.99. The molecule has 2 aliphatic rings. The number of aryl methyl sites for hydroxylation is 1. The highest BCUT2D eigenvalue weighted by atomic mass is 79.9. The van der Waals surface area contributed by atoms with Crippen LogP contribution in [0.1, 0.15) is 65.5 Å². The highest BCUT2D eigenvalue weighted by Gasteiger charge is 2.31. The molecule has 3 atom stereocenters. The largest absolute Gasteiger partial charge is 0.379 e. The lowest BCUT2D eigenvalue weighted by Crippen LogP contribution is -2.36. The molecular weight excluding hydrogens is 535 g/mol. The van der Waals surface area contributed by atoms with Crippen LogP contribution in [0.25, 0.3) is 0 Å². The summed E-state index contributed by atoms with van der Waals surface area (Å²) in [5, 5.41) is 9.34. The Morgan fingerprint density at radius 2 is 2.03 bits per heavy atom. The summed E-state index contributed by atoms with van der Waals surface area (Å²) in [4.78, 5) is 22.6. The molecule has 4 rings (SSSR count). The molecule has 2 aromatic rings. The van der Waals surface area contributed by atoms with E-state index in [1.165, 1.54) is 18.9 Å². The first-order valence-electron chi connectivity index (χ1n) is 13.5. The maximum atomic E-state index is 14.4. The van der Waals surface area contributed by atoms with Crippen molar-refractivity contribution in [1.82, 2.24) is 20.2 Å². The van der Waals surface area contributed by atoms with Crippen molar-refractivity contribution in [2.45, 2.75) is 78.8 Å². The van der Waals surface area contributed by atoms with Crippen molar-refractivity contribution in [3.63, 3.8) is 0 Å². The van der Waals surface area contributed by atoms with Gasteiger partial charge in [0.05, 0.1) is 15.9 Å². The van der Waals surface area contributed by atoms with Gasteiger partial charge < -0.3 is 20.9 Å². The molecule has 1 aromatic carbocycles. The molecule has 1 amide bonds. The first-order valence-corrected chi connectivity index (χ1v) is 14.3. The molecule has 1 saturated heterocycles. The summed E-state index contributed by atoms with van der Waals surface area (Å²) >= 11 is 3.36. The molecule has 204 valence electrons. The number of nitrogens with one attached hydrogen (secondary N) is 3. The van der Waals surface area contributed by atoms with Crippen LogP contribution in [-0.2, 0) is 4.79 Å². The second kappa shape index (κ2) is 14.0. The molecular formula is C28H42BrFN6O. The van der Waals surface area contributed by atoms with Gasteiger partial charge in [-0.1, -0.05) is 26.7 Å². The number of rotatable bonds is 8. The lowest BCUT2D eigenvalue weighted by molar-refractivity contribution is -0.126. The van der Waals surface area contributed by atoms with Crippen molar-refractivity contribution in [1.29, 1.82) is 0 Å². The van der Waals surface area contributed by atoms with Gasteiger partial charge in [0, 0.05) is 43.0 Å². The van der Waals surface area contributed by atoms with E-state index in [4.69, 9.17) is 0 Å². The predicted octanol–water partition coefficient (Wildman–Crippen LogP) is 6.27. The molecule has 1 aromatic heterocycles. The Labute approximate surface area is 229 Å². The van der Waals surface area contributed by atoms with E-state index < -0.39 is 0 Å². The second-order valence-corrected chi connectivity index (χ2v) is 11.2. The zero-order chi connectivity index (χ0) is 26.9. The minimum absolute atomic E-state index is 0.274. The number of amides is 1. The molecule has 1 saturated carbocycles. The van der Waals surface area contributed by atoms with E-state index in [1.54, 1.807) is 12.3 Å². The van der Waals surface area contributed by atoms with Gasteiger partial charge in [-0.15, -0.1) is 0 Å². The molecule has 37 heavy (non-hydrogen) atoms. The minimum Gasteiger partial charge on any atom is -0.379 e. The number of likely N-dealkylation sites (N-methyl/N-ethyl adjacent to an activating group) is 1. The average molecular weight is 578 g/mol. The number of nitrogens with zero attached hydrogens (tertiary/aromatic N) is 3. The number of hydrogen-bond acceptors (Lipinski definition) is 6. The van der Waals surface area contributed by atoms with Gasteiger partial charge in [0.25, 0.3) is 0 Å². The molecule has 2 fully saturated rings. The monoisotopic (exact) mass is 576 g/mol. The topological polar surface area (TPSA) is 82.2 Å². The fraction of sp³-hybridized carbons (Fsp3) is 0.607. The Morgan fingerprint density at radius 3 is 2.65 bits per heavy atom. The third-order valence-corrected chi connectivity index (χ3v) is 7.95. The Kier molecular flexibility index (Phi) is 11.1. The molecule has 1 aliphatic heterocycles. The molecule has 9 heteroatoms. The Balaban J connectivity index is 0.000000248. The van der Waals surface area contributed by atoms with Gasteiger partial charge in [-0.2, -0.15) is 0 Å². The van der Waals surface area contributed by atoms with Gasteiger partial charge >= 0.3 is 0 Å².